The number of carbonyl (C=O) groups is 3. The van der Waals surface area contributed by atoms with Crippen LogP contribution in [0.15, 0.2) is 48.7 Å². The molecule has 2 aromatic carbocycles. The summed E-state index contributed by atoms with van der Waals surface area (Å²) in [7, 11) is 1.69. The fraction of sp³-hybridized carbons (Fsp3) is 0.457. The Kier molecular flexibility index (Phi) is 8.78. The number of amides is 3. The molecule has 1 unspecified atom stereocenters. The van der Waals surface area contributed by atoms with Crippen LogP contribution in [-0.2, 0) is 22.1 Å². The van der Waals surface area contributed by atoms with Gasteiger partial charge in [0.2, 0.25) is 11.8 Å². The van der Waals surface area contributed by atoms with Crippen LogP contribution in [0.1, 0.15) is 86.4 Å². The minimum atomic E-state index is -0.965. The van der Waals surface area contributed by atoms with Gasteiger partial charge in [0.05, 0.1) is 29.1 Å². The Morgan fingerprint density at radius 3 is 2.60 bits per heavy atom. The number of aryl methyl sites for hydroxylation is 1. The highest BCUT2D eigenvalue weighted by Gasteiger charge is 2.40. The molecule has 2 aromatic heterocycles. The number of carbonyl (C=O) groups excluding carboxylic acids is 3. The zero-order chi connectivity index (χ0) is 33.5. The molecule has 6 rings (SSSR count). The largest absolute Gasteiger partial charge is 0.493 e. The summed E-state index contributed by atoms with van der Waals surface area (Å²) in [5, 5.41) is 13.2. The van der Waals surface area contributed by atoms with Gasteiger partial charge < -0.3 is 25.7 Å². The quantitative estimate of drug-likeness (QED) is 0.202. The maximum atomic E-state index is 14.6. The highest BCUT2D eigenvalue weighted by molar-refractivity contribution is 5.94. The molecule has 1 aliphatic carbocycles. The van der Waals surface area contributed by atoms with Crippen LogP contribution in [0.4, 0.5) is 4.39 Å². The number of aromatic amines is 1. The van der Waals surface area contributed by atoms with Crippen molar-refractivity contribution in [2.24, 2.45) is 18.9 Å². The number of nitrogens with one attached hydrogen (secondary N) is 4. The number of fused-ring (bicyclic) bond motifs is 2. The minimum Gasteiger partial charge on any atom is -0.493 e. The van der Waals surface area contributed by atoms with Gasteiger partial charge in [0, 0.05) is 31.3 Å². The maximum absolute atomic E-state index is 14.6. The van der Waals surface area contributed by atoms with E-state index in [9.17, 15) is 18.8 Å². The lowest BCUT2D eigenvalue weighted by Crippen LogP contribution is -2.55. The predicted molar refractivity (Wildman–Crippen MR) is 174 cm³/mol. The van der Waals surface area contributed by atoms with Crippen molar-refractivity contribution in [3.05, 3.63) is 77.1 Å². The van der Waals surface area contributed by atoms with Crippen molar-refractivity contribution in [3.63, 3.8) is 0 Å². The van der Waals surface area contributed by atoms with Gasteiger partial charge >= 0.3 is 0 Å². The topological polar surface area (TPSA) is 143 Å². The number of hydrogen-bond donors (Lipinski definition) is 4. The summed E-state index contributed by atoms with van der Waals surface area (Å²) in [5.41, 5.74) is 2.11. The number of imidazole rings is 1. The van der Waals surface area contributed by atoms with Gasteiger partial charge in [-0.25, -0.2) is 9.37 Å². The van der Waals surface area contributed by atoms with Crippen molar-refractivity contribution in [1.82, 2.24) is 35.7 Å². The molecule has 0 bridgehead atoms. The molecular formula is C35H42FN7O4. The SMILES string of the molecule is CCNC(=O)[C@H](NC(=O)C(C)(C)c1ccc2nc([C@@H](NC(=O)c3ccnn3C)[C@H]3c4cc(F)ccc4OCC3C)[nH]c2c1)C1CCC1. The van der Waals surface area contributed by atoms with Gasteiger partial charge in [-0.15, -0.1) is 0 Å². The molecule has 0 saturated heterocycles. The van der Waals surface area contributed by atoms with E-state index in [1.165, 1.54) is 16.8 Å². The molecule has 1 aliphatic heterocycles. The smallest absolute Gasteiger partial charge is 0.270 e. The molecule has 1 saturated carbocycles. The summed E-state index contributed by atoms with van der Waals surface area (Å²) in [4.78, 5) is 48.4. The minimum absolute atomic E-state index is 0.0962. The maximum Gasteiger partial charge on any atom is 0.270 e. The number of aromatic nitrogens is 4. The van der Waals surface area contributed by atoms with Crippen molar-refractivity contribution in [1.29, 1.82) is 0 Å². The van der Waals surface area contributed by atoms with E-state index < -0.39 is 23.3 Å². The molecule has 47 heavy (non-hydrogen) atoms. The predicted octanol–water partition coefficient (Wildman–Crippen LogP) is 4.42. The van der Waals surface area contributed by atoms with E-state index in [0.717, 1.165) is 24.8 Å². The Morgan fingerprint density at radius 2 is 1.91 bits per heavy atom. The van der Waals surface area contributed by atoms with E-state index in [1.807, 2.05) is 45.9 Å². The van der Waals surface area contributed by atoms with E-state index in [1.54, 1.807) is 25.4 Å². The first-order valence-corrected chi connectivity index (χ1v) is 16.3. The van der Waals surface area contributed by atoms with Crippen LogP contribution in [0.2, 0.25) is 0 Å². The number of likely N-dealkylation sites (N-methyl/N-ethyl adjacent to an activating group) is 1. The van der Waals surface area contributed by atoms with E-state index in [4.69, 9.17) is 9.72 Å². The second-order valence-electron chi connectivity index (χ2n) is 13.3. The zero-order valence-corrected chi connectivity index (χ0v) is 27.4. The highest BCUT2D eigenvalue weighted by Crippen LogP contribution is 2.44. The van der Waals surface area contributed by atoms with Crippen LogP contribution < -0.4 is 20.7 Å². The summed E-state index contributed by atoms with van der Waals surface area (Å²) < 4.78 is 22.0. The standard InChI is InChI=1S/C35H42FN7O4/c1-6-37-33(45)29(20-8-7-9-20)42-34(46)35(3,4)21-10-12-24-25(16-21)40-31(39-24)30(41-32(44)26-14-15-38-43(26)5)28-19(2)18-47-27-13-11-22(36)17-23(27)28/h10-17,19-20,28-30H,6-9,18H2,1-5H3,(H,37,45)(H,39,40)(H,41,44)(H,42,46)/t19?,28-,29-,30+/m1/s1. The molecule has 3 heterocycles. The Morgan fingerprint density at radius 1 is 1.13 bits per heavy atom. The third kappa shape index (κ3) is 6.20. The number of hydrogen-bond acceptors (Lipinski definition) is 6. The molecule has 0 radical (unpaired) electrons. The number of rotatable bonds is 10. The molecule has 248 valence electrons. The lowest BCUT2D eigenvalue weighted by molar-refractivity contribution is -0.133. The van der Waals surface area contributed by atoms with Crippen molar-refractivity contribution in [2.75, 3.05) is 13.2 Å². The summed E-state index contributed by atoms with van der Waals surface area (Å²) in [6.07, 6.45) is 4.42. The lowest BCUT2D eigenvalue weighted by Gasteiger charge is -2.36. The Hall–Kier alpha value is -4.74. The summed E-state index contributed by atoms with van der Waals surface area (Å²) >= 11 is 0. The molecule has 4 aromatic rings. The van der Waals surface area contributed by atoms with Crippen molar-refractivity contribution in [3.8, 4) is 5.75 Å². The monoisotopic (exact) mass is 643 g/mol. The molecule has 2 aliphatic rings. The fourth-order valence-corrected chi connectivity index (χ4v) is 6.66. The molecule has 4 atom stereocenters. The molecule has 1 fully saturated rings. The number of benzene rings is 2. The second-order valence-corrected chi connectivity index (χ2v) is 13.3. The van der Waals surface area contributed by atoms with Crippen molar-refractivity contribution < 1.29 is 23.5 Å². The summed E-state index contributed by atoms with van der Waals surface area (Å²) in [6, 6.07) is 10.4. The van der Waals surface area contributed by atoms with E-state index >= 15 is 0 Å². The molecular weight excluding hydrogens is 601 g/mol. The van der Waals surface area contributed by atoms with Crippen LogP contribution >= 0.6 is 0 Å². The first-order chi connectivity index (χ1) is 22.5. The van der Waals surface area contributed by atoms with Gasteiger partial charge in [-0.2, -0.15) is 5.10 Å². The van der Waals surface area contributed by atoms with Gasteiger partial charge in [0.25, 0.3) is 5.91 Å². The Balaban J connectivity index is 1.34. The third-order valence-electron chi connectivity index (χ3n) is 9.77. The first kappa shape index (κ1) is 32.2. The van der Waals surface area contributed by atoms with Crippen LogP contribution in [0, 0.1) is 17.7 Å². The van der Waals surface area contributed by atoms with Crippen LogP contribution in [0.3, 0.4) is 0 Å². The van der Waals surface area contributed by atoms with Gasteiger partial charge in [0.15, 0.2) is 0 Å². The van der Waals surface area contributed by atoms with Crippen molar-refractivity contribution >= 4 is 28.8 Å². The lowest BCUT2D eigenvalue weighted by atomic mass is 9.78. The number of nitrogens with zero attached hydrogens (tertiary/aromatic N) is 3. The first-order valence-electron chi connectivity index (χ1n) is 16.3. The summed E-state index contributed by atoms with van der Waals surface area (Å²) in [5.74, 6) is -0.424. The molecule has 11 nitrogen and oxygen atoms in total. The van der Waals surface area contributed by atoms with Gasteiger partial charge in [-0.3, -0.25) is 19.1 Å². The van der Waals surface area contributed by atoms with Crippen LogP contribution in [0.25, 0.3) is 11.0 Å². The fourth-order valence-electron chi connectivity index (χ4n) is 6.66. The number of halogens is 1. The van der Waals surface area contributed by atoms with Crippen molar-refractivity contribution in [2.45, 2.75) is 70.4 Å². The second kappa shape index (κ2) is 12.8. The molecule has 12 heteroatoms. The van der Waals surface area contributed by atoms with Crippen LogP contribution in [0.5, 0.6) is 5.75 Å². The van der Waals surface area contributed by atoms with E-state index in [2.05, 4.69) is 26.0 Å². The molecule has 0 spiro atoms. The summed E-state index contributed by atoms with van der Waals surface area (Å²) in [6.45, 7) is 8.42. The third-order valence-corrected chi connectivity index (χ3v) is 9.77. The van der Waals surface area contributed by atoms with Gasteiger partial charge in [0.1, 0.15) is 29.1 Å². The van der Waals surface area contributed by atoms with E-state index in [-0.39, 0.29) is 35.5 Å². The Bertz CT molecular complexity index is 1810. The van der Waals surface area contributed by atoms with E-state index in [0.29, 0.717) is 47.0 Å². The molecule has 3 amide bonds. The highest BCUT2D eigenvalue weighted by atomic mass is 19.1. The normalized spacial score (nSPS) is 19.2. The molecule has 4 N–H and O–H groups in total. The number of H-pyrrole nitrogens is 1. The average Bonchev–Trinajstić information content (AvgIpc) is 3.64. The zero-order valence-electron chi connectivity index (χ0n) is 27.4. The average molecular weight is 644 g/mol. The Labute approximate surface area is 273 Å². The van der Waals surface area contributed by atoms with Gasteiger partial charge in [-0.1, -0.05) is 19.4 Å². The van der Waals surface area contributed by atoms with Crippen LogP contribution in [-0.4, -0.2) is 56.7 Å². The van der Waals surface area contributed by atoms with Gasteiger partial charge in [-0.05, 0) is 87.4 Å². The number of ether oxygens (including phenoxy) is 1.